The molecule has 0 aliphatic carbocycles. The van der Waals surface area contributed by atoms with Crippen molar-refractivity contribution in [1.82, 2.24) is 5.32 Å². The Kier molecular flexibility index (Phi) is 7.07. The summed E-state index contributed by atoms with van der Waals surface area (Å²) in [6.07, 6.45) is 2.66. The van der Waals surface area contributed by atoms with E-state index in [-0.39, 0.29) is 5.91 Å². The van der Waals surface area contributed by atoms with Gasteiger partial charge in [-0.2, -0.15) is 0 Å². The third kappa shape index (κ3) is 6.63. The van der Waals surface area contributed by atoms with Crippen LogP contribution in [0.1, 0.15) is 46.5 Å². The molecule has 0 heterocycles. The van der Waals surface area contributed by atoms with Crippen LogP contribution in [0.5, 0.6) is 0 Å². The Morgan fingerprint density at radius 1 is 1.21 bits per heavy atom. The van der Waals surface area contributed by atoms with Crippen molar-refractivity contribution < 1.29 is 9.59 Å². The first kappa shape index (κ1) is 13.1. The number of hydrogen-bond acceptors (Lipinski definition) is 2. The van der Waals surface area contributed by atoms with Gasteiger partial charge in [-0.15, -0.1) is 0 Å². The minimum atomic E-state index is 0.0821. The normalized spacial score (nSPS) is 12.2. The molecule has 0 aliphatic heterocycles. The quantitative estimate of drug-likeness (QED) is 0.680. The number of rotatable bonds is 7. The number of nitrogens with one attached hydrogen (secondary N) is 1. The maximum atomic E-state index is 11.0. The molecular formula is C11H21NO2. The molecule has 0 fully saturated rings. The Hall–Kier alpha value is -0.860. The first-order chi connectivity index (χ1) is 6.60. The largest absolute Gasteiger partial charge is 0.356 e. The molecule has 0 aromatic rings. The second-order valence-corrected chi connectivity index (χ2v) is 3.69. The molecule has 0 spiro atoms. The van der Waals surface area contributed by atoms with Gasteiger partial charge in [0.25, 0.3) is 0 Å². The van der Waals surface area contributed by atoms with Crippen LogP contribution in [0.25, 0.3) is 0 Å². The molecule has 14 heavy (non-hydrogen) atoms. The van der Waals surface area contributed by atoms with Gasteiger partial charge in [0.1, 0.15) is 5.78 Å². The van der Waals surface area contributed by atoms with Crippen LogP contribution in [0.4, 0.5) is 0 Å². The Balaban J connectivity index is 3.50. The van der Waals surface area contributed by atoms with Crippen molar-refractivity contribution in [2.45, 2.75) is 46.5 Å². The molecule has 3 nitrogen and oxygen atoms in total. The third-order valence-corrected chi connectivity index (χ3v) is 2.28. The number of Topliss-reactive ketones (excluding diaryl/α,β-unsaturated/α-hetero) is 1. The molecule has 0 bridgehead atoms. The summed E-state index contributed by atoms with van der Waals surface area (Å²) in [5.41, 5.74) is 0. The summed E-state index contributed by atoms with van der Waals surface area (Å²) < 4.78 is 0. The first-order valence-corrected chi connectivity index (χ1v) is 5.38. The summed E-state index contributed by atoms with van der Waals surface area (Å²) in [6, 6.07) is 0. The molecule has 3 heteroatoms. The van der Waals surface area contributed by atoms with E-state index in [0.717, 1.165) is 6.42 Å². The van der Waals surface area contributed by atoms with Crippen molar-refractivity contribution >= 4 is 11.7 Å². The lowest BCUT2D eigenvalue weighted by atomic mass is 10.0. The molecule has 1 unspecified atom stereocenters. The molecule has 1 N–H and O–H groups in total. The van der Waals surface area contributed by atoms with Crippen LogP contribution in [0.3, 0.4) is 0 Å². The minimum Gasteiger partial charge on any atom is -0.356 e. The van der Waals surface area contributed by atoms with E-state index in [0.29, 0.717) is 37.5 Å². The number of carbonyl (C=O) groups is 2. The van der Waals surface area contributed by atoms with Crippen molar-refractivity contribution in [1.29, 1.82) is 0 Å². The van der Waals surface area contributed by atoms with Gasteiger partial charge < -0.3 is 5.32 Å². The smallest absolute Gasteiger partial charge is 0.219 e. The zero-order valence-electron chi connectivity index (χ0n) is 9.43. The van der Waals surface area contributed by atoms with Gasteiger partial charge in [0.2, 0.25) is 5.91 Å². The average molecular weight is 199 g/mol. The molecule has 1 amide bonds. The highest BCUT2D eigenvalue weighted by Crippen LogP contribution is 2.05. The summed E-state index contributed by atoms with van der Waals surface area (Å²) in [6.45, 7) is 6.45. The van der Waals surface area contributed by atoms with E-state index >= 15 is 0 Å². The van der Waals surface area contributed by atoms with Crippen LogP contribution < -0.4 is 5.32 Å². The van der Waals surface area contributed by atoms with Gasteiger partial charge in [-0.1, -0.05) is 20.8 Å². The van der Waals surface area contributed by atoms with Crippen molar-refractivity contribution in [3.05, 3.63) is 0 Å². The zero-order valence-corrected chi connectivity index (χ0v) is 9.43. The van der Waals surface area contributed by atoms with Crippen LogP contribution in [-0.4, -0.2) is 18.2 Å². The lowest BCUT2D eigenvalue weighted by molar-refractivity contribution is -0.120. The van der Waals surface area contributed by atoms with Crippen LogP contribution in [-0.2, 0) is 9.59 Å². The van der Waals surface area contributed by atoms with E-state index in [4.69, 9.17) is 0 Å². The fraction of sp³-hybridized carbons (Fsp3) is 0.818. The molecule has 0 saturated carbocycles. The molecular weight excluding hydrogens is 178 g/mol. The van der Waals surface area contributed by atoms with Crippen molar-refractivity contribution in [2.24, 2.45) is 5.92 Å². The van der Waals surface area contributed by atoms with Gasteiger partial charge in [0.15, 0.2) is 0 Å². The molecule has 0 radical (unpaired) electrons. The standard InChI is InChI=1S/C11H21NO2/c1-4-10(13)7-6-9(3)8-12-11(14)5-2/h9H,4-8H2,1-3H3,(H,12,14). The summed E-state index contributed by atoms with van der Waals surface area (Å²) in [5.74, 6) is 0.776. The van der Waals surface area contributed by atoms with Crippen LogP contribution in [0.2, 0.25) is 0 Å². The fourth-order valence-electron chi connectivity index (χ4n) is 1.10. The number of hydrogen-bond donors (Lipinski definition) is 1. The highest BCUT2D eigenvalue weighted by molar-refractivity contribution is 5.78. The lowest BCUT2D eigenvalue weighted by Crippen LogP contribution is -2.27. The molecule has 0 rings (SSSR count). The number of carbonyl (C=O) groups excluding carboxylic acids is 2. The van der Waals surface area contributed by atoms with Crippen molar-refractivity contribution in [2.75, 3.05) is 6.54 Å². The summed E-state index contributed by atoms with van der Waals surface area (Å²) in [4.78, 5) is 22.0. The van der Waals surface area contributed by atoms with E-state index < -0.39 is 0 Å². The number of ketones is 1. The predicted molar refractivity (Wildman–Crippen MR) is 57.0 cm³/mol. The Bertz CT molecular complexity index is 170. The second-order valence-electron chi connectivity index (χ2n) is 3.69. The van der Waals surface area contributed by atoms with Crippen molar-refractivity contribution in [3.63, 3.8) is 0 Å². The van der Waals surface area contributed by atoms with E-state index in [1.807, 2.05) is 13.8 Å². The third-order valence-electron chi connectivity index (χ3n) is 2.28. The number of amides is 1. The topological polar surface area (TPSA) is 46.2 Å². The van der Waals surface area contributed by atoms with E-state index in [1.54, 1.807) is 0 Å². The average Bonchev–Trinajstić information content (AvgIpc) is 2.22. The van der Waals surface area contributed by atoms with Gasteiger partial charge in [-0.3, -0.25) is 9.59 Å². The maximum absolute atomic E-state index is 11.0. The minimum absolute atomic E-state index is 0.0821. The van der Waals surface area contributed by atoms with E-state index in [2.05, 4.69) is 12.2 Å². The second kappa shape index (κ2) is 7.54. The highest BCUT2D eigenvalue weighted by atomic mass is 16.1. The molecule has 0 saturated heterocycles. The van der Waals surface area contributed by atoms with Gasteiger partial charge in [0.05, 0.1) is 0 Å². The molecule has 0 aromatic heterocycles. The van der Waals surface area contributed by atoms with Crippen LogP contribution in [0, 0.1) is 5.92 Å². The molecule has 0 aromatic carbocycles. The molecule has 1 atom stereocenters. The summed E-state index contributed by atoms with van der Waals surface area (Å²) in [5, 5.41) is 2.82. The predicted octanol–water partition coefficient (Wildman–Crippen LogP) is 1.91. The summed E-state index contributed by atoms with van der Waals surface area (Å²) >= 11 is 0. The van der Waals surface area contributed by atoms with E-state index in [9.17, 15) is 9.59 Å². The molecule has 82 valence electrons. The van der Waals surface area contributed by atoms with Gasteiger partial charge in [0, 0.05) is 25.8 Å². The SMILES string of the molecule is CCC(=O)CCC(C)CNC(=O)CC. The van der Waals surface area contributed by atoms with Crippen LogP contribution >= 0.6 is 0 Å². The maximum Gasteiger partial charge on any atom is 0.219 e. The Labute approximate surface area is 86.3 Å². The monoisotopic (exact) mass is 199 g/mol. The van der Waals surface area contributed by atoms with Crippen LogP contribution in [0.15, 0.2) is 0 Å². The zero-order chi connectivity index (χ0) is 11.0. The fourth-order valence-corrected chi connectivity index (χ4v) is 1.10. The highest BCUT2D eigenvalue weighted by Gasteiger charge is 2.06. The van der Waals surface area contributed by atoms with Crippen molar-refractivity contribution in [3.8, 4) is 0 Å². The summed E-state index contributed by atoms with van der Waals surface area (Å²) in [7, 11) is 0. The Morgan fingerprint density at radius 3 is 2.36 bits per heavy atom. The first-order valence-electron chi connectivity index (χ1n) is 5.38. The molecule has 0 aliphatic rings. The van der Waals surface area contributed by atoms with Gasteiger partial charge in [-0.05, 0) is 12.3 Å². The van der Waals surface area contributed by atoms with E-state index in [1.165, 1.54) is 0 Å². The van der Waals surface area contributed by atoms with Gasteiger partial charge >= 0.3 is 0 Å². The lowest BCUT2D eigenvalue weighted by Gasteiger charge is -2.11. The Morgan fingerprint density at radius 2 is 1.86 bits per heavy atom. The van der Waals surface area contributed by atoms with Gasteiger partial charge in [-0.25, -0.2) is 0 Å².